The summed E-state index contributed by atoms with van der Waals surface area (Å²) in [6.07, 6.45) is 0. The number of halogens is 1. The molecule has 7 nitrogen and oxygen atoms in total. The first-order valence-corrected chi connectivity index (χ1v) is 9.10. The highest BCUT2D eigenvalue weighted by atomic mass is 79.9. The van der Waals surface area contributed by atoms with Crippen molar-refractivity contribution in [1.82, 2.24) is 9.13 Å². The molecule has 27 heavy (non-hydrogen) atoms. The van der Waals surface area contributed by atoms with Gasteiger partial charge in [0.05, 0.1) is 18.0 Å². The smallest absolute Gasteiger partial charge is 0.331 e. The van der Waals surface area contributed by atoms with Crippen LogP contribution in [0.3, 0.4) is 0 Å². The summed E-state index contributed by atoms with van der Waals surface area (Å²) < 4.78 is 8.24. The first-order valence-electron chi connectivity index (χ1n) is 8.31. The minimum Gasteiger partial charge on any atom is -0.497 e. The minimum absolute atomic E-state index is 0.205. The quantitative estimate of drug-likeness (QED) is 0.672. The van der Waals surface area contributed by atoms with Gasteiger partial charge in [-0.15, -0.1) is 0 Å². The molecule has 0 aliphatic carbocycles. The number of amides is 1. The number of ether oxygens (including phenoxy) is 1. The molecule has 2 aromatic carbocycles. The lowest BCUT2D eigenvalue weighted by Crippen LogP contribution is -2.41. The number of benzene rings is 2. The largest absolute Gasteiger partial charge is 0.497 e. The van der Waals surface area contributed by atoms with Crippen LogP contribution in [0.15, 0.2) is 56.5 Å². The number of hydrogen-bond acceptors (Lipinski definition) is 4. The van der Waals surface area contributed by atoms with Gasteiger partial charge in [-0.25, -0.2) is 4.79 Å². The van der Waals surface area contributed by atoms with Crippen LogP contribution in [0.1, 0.15) is 6.92 Å². The number of anilines is 1. The van der Waals surface area contributed by atoms with Gasteiger partial charge < -0.3 is 10.1 Å². The molecule has 3 aromatic rings. The molecule has 1 heterocycles. The van der Waals surface area contributed by atoms with Crippen molar-refractivity contribution in [1.29, 1.82) is 0 Å². The molecule has 140 valence electrons. The monoisotopic (exact) mass is 431 g/mol. The molecule has 0 bridgehead atoms. The fourth-order valence-corrected chi connectivity index (χ4v) is 3.21. The predicted molar refractivity (Wildman–Crippen MR) is 107 cm³/mol. The Labute approximate surface area is 163 Å². The average molecular weight is 432 g/mol. The summed E-state index contributed by atoms with van der Waals surface area (Å²) in [6.45, 7) is 1.73. The normalized spacial score (nSPS) is 10.8. The van der Waals surface area contributed by atoms with Crippen LogP contribution < -0.4 is 21.3 Å². The van der Waals surface area contributed by atoms with Crippen LogP contribution in [0.5, 0.6) is 5.75 Å². The van der Waals surface area contributed by atoms with Crippen LogP contribution in [0.25, 0.3) is 10.9 Å². The van der Waals surface area contributed by atoms with E-state index in [-0.39, 0.29) is 24.6 Å². The lowest BCUT2D eigenvalue weighted by Gasteiger charge is -2.13. The summed E-state index contributed by atoms with van der Waals surface area (Å²) in [5, 5.41) is 3.12. The Morgan fingerprint density at radius 3 is 2.44 bits per heavy atom. The van der Waals surface area contributed by atoms with Gasteiger partial charge in [-0.05, 0) is 49.4 Å². The van der Waals surface area contributed by atoms with E-state index in [0.717, 1.165) is 9.04 Å². The van der Waals surface area contributed by atoms with E-state index in [9.17, 15) is 14.4 Å². The number of aromatic nitrogens is 2. The minimum atomic E-state index is -0.512. The van der Waals surface area contributed by atoms with Crippen LogP contribution in [0, 0.1) is 0 Å². The summed E-state index contributed by atoms with van der Waals surface area (Å²) in [5.74, 6) is 0.309. The third kappa shape index (κ3) is 3.80. The van der Waals surface area contributed by atoms with Crippen molar-refractivity contribution in [3.05, 3.63) is 67.8 Å². The van der Waals surface area contributed by atoms with Gasteiger partial charge in [0, 0.05) is 16.7 Å². The van der Waals surface area contributed by atoms with Crippen LogP contribution in [0.4, 0.5) is 5.69 Å². The zero-order chi connectivity index (χ0) is 19.6. The van der Waals surface area contributed by atoms with E-state index in [1.54, 1.807) is 56.5 Å². The van der Waals surface area contributed by atoms with Gasteiger partial charge in [-0.1, -0.05) is 15.9 Å². The summed E-state index contributed by atoms with van der Waals surface area (Å²) in [5.41, 5.74) is 0.125. The van der Waals surface area contributed by atoms with Crippen LogP contribution in [-0.4, -0.2) is 22.2 Å². The Morgan fingerprint density at radius 2 is 1.81 bits per heavy atom. The zero-order valence-electron chi connectivity index (χ0n) is 14.9. The second kappa shape index (κ2) is 7.79. The maximum atomic E-state index is 12.7. The zero-order valence-corrected chi connectivity index (χ0v) is 16.4. The Hall–Kier alpha value is -2.87. The van der Waals surface area contributed by atoms with E-state index in [2.05, 4.69) is 21.2 Å². The van der Waals surface area contributed by atoms with Gasteiger partial charge >= 0.3 is 5.69 Å². The Balaban J connectivity index is 1.99. The molecule has 1 amide bonds. The lowest BCUT2D eigenvalue weighted by atomic mass is 10.2. The Morgan fingerprint density at radius 1 is 1.11 bits per heavy atom. The van der Waals surface area contributed by atoms with E-state index < -0.39 is 5.69 Å². The predicted octanol–water partition coefficient (Wildman–Crippen LogP) is 2.59. The van der Waals surface area contributed by atoms with Gasteiger partial charge in [0.15, 0.2) is 0 Å². The average Bonchev–Trinajstić information content (AvgIpc) is 2.66. The molecule has 0 unspecified atom stereocenters. The number of nitrogens with one attached hydrogen (secondary N) is 1. The fourth-order valence-electron chi connectivity index (χ4n) is 2.85. The molecule has 0 aliphatic heterocycles. The molecule has 3 rings (SSSR count). The standard InChI is InChI=1S/C19H18BrN3O4/c1-3-22-18(25)15-10-12(20)4-9-16(15)23(19(22)26)11-17(24)21-13-5-7-14(27-2)8-6-13/h4-10H,3,11H2,1-2H3,(H,21,24). The second-order valence-electron chi connectivity index (χ2n) is 5.86. The molecule has 0 radical (unpaired) electrons. The fraction of sp³-hybridized carbons (Fsp3) is 0.211. The van der Waals surface area contributed by atoms with E-state index in [1.807, 2.05) is 0 Å². The summed E-state index contributed by atoms with van der Waals surface area (Å²) in [4.78, 5) is 37.7. The second-order valence-corrected chi connectivity index (χ2v) is 6.77. The van der Waals surface area contributed by atoms with E-state index in [0.29, 0.717) is 22.3 Å². The molecule has 0 fully saturated rings. The molecule has 0 saturated heterocycles. The van der Waals surface area contributed by atoms with E-state index in [1.165, 1.54) is 4.57 Å². The van der Waals surface area contributed by atoms with Crippen molar-refractivity contribution in [2.75, 3.05) is 12.4 Å². The van der Waals surface area contributed by atoms with Gasteiger partial charge in [0.25, 0.3) is 5.56 Å². The number of rotatable bonds is 5. The number of hydrogen-bond donors (Lipinski definition) is 1. The molecular weight excluding hydrogens is 414 g/mol. The van der Waals surface area contributed by atoms with Crippen LogP contribution in [0.2, 0.25) is 0 Å². The first-order chi connectivity index (χ1) is 12.9. The highest BCUT2D eigenvalue weighted by molar-refractivity contribution is 9.10. The third-order valence-electron chi connectivity index (χ3n) is 4.18. The maximum Gasteiger partial charge on any atom is 0.331 e. The molecule has 0 aliphatic rings. The van der Waals surface area contributed by atoms with Crippen molar-refractivity contribution >= 4 is 38.4 Å². The van der Waals surface area contributed by atoms with Gasteiger partial charge in [-0.2, -0.15) is 0 Å². The number of carbonyl (C=O) groups excluding carboxylic acids is 1. The molecule has 1 N–H and O–H groups in total. The van der Waals surface area contributed by atoms with Crippen molar-refractivity contribution in [3.63, 3.8) is 0 Å². The van der Waals surface area contributed by atoms with E-state index in [4.69, 9.17) is 4.74 Å². The molecular formula is C19H18BrN3O4. The highest BCUT2D eigenvalue weighted by Crippen LogP contribution is 2.17. The highest BCUT2D eigenvalue weighted by Gasteiger charge is 2.15. The van der Waals surface area contributed by atoms with Crippen molar-refractivity contribution in [2.24, 2.45) is 0 Å². The number of methoxy groups -OCH3 is 1. The third-order valence-corrected chi connectivity index (χ3v) is 4.67. The summed E-state index contributed by atoms with van der Waals surface area (Å²) in [6, 6.07) is 11.9. The first kappa shape index (κ1) is 18.9. The summed E-state index contributed by atoms with van der Waals surface area (Å²) >= 11 is 3.34. The van der Waals surface area contributed by atoms with Crippen molar-refractivity contribution < 1.29 is 9.53 Å². The summed E-state index contributed by atoms with van der Waals surface area (Å²) in [7, 11) is 1.56. The van der Waals surface area contributed by atoms with Crippen molar-refractivity contribution in [2.45, 2.75) is 20.0 Å². The lowest BCUT2D eigenvalue weighted by molar-refractivity contribution is -0.116. The van der Waals surface area contributed by atoms with Crippen LogP contribution in [-0.2, 0) is 17.9 Å². The van der Waals surface area contributed by atoms with Gasteiger partial charge in [0.1, 0.15) is 12.3 Å². The maximum absolute atomic E-state index is 12.7. The number of nitrogens with zero attached hydrogens (tertiary/aromatic N) is 2. The molecule has 0 spiro atoms. The van der Waals surface area contributed by atoms with Crippen LogP contribution >= 0.6 is 15.9 Å². The van der Waals surface area contributed by atoms with Gasteiger partial charge in [0.2, 0.25) is 5.91 Å². The Bertz CT molecular complexity index is 1120. The molecule has 1 aromatic heterocycles. The molecule has 8 heteroatoms. The number of carbonyl (C=O) groups is 1. The molecule has 0 atom stereocenters. The Kier molecular flexibility index (Phi) is 5.46. The number of fused-ring (bicyclic) bond motifs is 1. The topological polar surface area (TPSA) is 82.3 Å². The van der Waals surface area contributed by atoms with E-state index >= 15 is 0 Å². The van der Waals surface area contributed by atoms with Gasteiger partial charge in [-0.3, -0.25) is 18.7 Å². The van der Waals surface area contributed by atoms with Crippen molar-refractivity contribution in [3.8, 4) is 5.75 Å². The SMILES string of the molecule is CCn1c(=O)c2cc(Br)ccc2n(CC(=O)Nc2ccc(OC)cc2)c1=O. The molecule has 0 saturated carbocycles.